The molecule has 1 amide bonds. The fourth-order valence-electron chi connectivity index (χ4n) is 3.86. The largest absolute Gasteiger partial charge is 0.494 e. The van der Waals surface area contributed by atoms with E-state index in [-0.39, 0.29) is 12.3 Å². The lowest BCUT2D eigenvalue weighted by atomic mass is 10.1. The van der Waals surface area contributed by atoms with Crippen LogP contribution in [0.5, 0.6) is 11.5 Å². The van der Waals surface area contributed by atoms with Gasteiger partial charge < -0.3 is 9.47 Å². The first-order chi connectivity index (χ1) is 16.5. The Kier molecular flexibility index (Phi) is 7.47. The SMILES string of the molecule is CCOc1ccc(CC(=O)N(CCn2nc(C)cc2C)c2nc3c(OCC)cccc3s2)cc1. The molecule has 0 radical (unpaired) electrons. The average molecular weight is 479 g/mol. The molecule has 178 valence electrons. The zero-order valence-electron chi connectivity index (χ0n) is 20.1. The van der Waals surface area contributed by atoms with Crippen molar-refractivity contribution < 1.29 is 14.3 Å². The number of anilines is 1. The van der Waals surface area contributed by atoms with Gasteiger partial charge in [0.1, 0.15) is 17.0 Å². The molecule has 2 aromatic heterocycles. The predicted octanol–water partition coefficient (Wildman–Crippen LogP) is 5.18. The number of aromatic nitrogens is 3. The number of aryl methyl sites for hydroxylation is 2. The van der Waals surface area contributed by atoms with E-state index in [1.54, 1.807) is 4.90 Å². The summed E-state index contributed by atoms with van der Waals surface area (Å²) in [5.41, 5.74) is 3.75. The fourth-order valence-corrected chi connectivity index (χ4v) is 4.89. The number of hydrogen-bond donors (Lipinski definition) is 0. The maximum atomic E-state index is 13.5. The molecule has 0 N–H and O–H groups in total. The molecule has 2 aromatic carbocycles. The highest BCUT2D eigenvalue weighted by molar-refractivity contribution is 7.22. The van der Waals surface area contributed by atoms with E-state index in [9.17, 15) is 4.79 Å². The number of fused-ring (bicyclic) bond motifs is 1. The second-order valence-corrected chi connectivity index (χ2v) is 8.99. The molecule has 0 unspecified atom stereocenters. The van der Waals surface area contributed by atoms with Crippen molar-refractivity contribution in [2.75, 3.05) is 24.7 Å². The number of benzene rings is 2. The Morgan fingerprint density at radius 1 is 1.06 bits per heavy atom. The monoisotopic (exact) mass is 478 g/mol. The number of hydrogen-bond acceptors (Lipinski definition) is 6. The lowest BCUT2D eigenvalue weighted by molar-refractivity contribution is -0.118. The normalized spacial score (nSPS) is 11.1. The minimum absolute atomic E-state index is 0.0114. The average Bonchev–Trinajstić information content (AvgIpc) is 3.38. The van der Waals surface area contributed by atoms with E-state index in [0.29, 0.717) is 31.4 Å². The third-order valence-corrected chi connectivity index (χ3v) is 6.47. The number of rotatable bonds is 10. The molecule has 0 spiro atoms. The molecule has 2 heterocycles. The summed E-state index contributed by atoms with van der Waals surface area (Å²) >= 11 is 1.50. The van der Waals surface area contributed by atoms with Gasteiger partial charge in [-0.15, -0.1) is 0 Å². The number of para-hydroxylation sites is 1. The molecule has 0 aliphatic rings. The van der Waals surface area contributed by atoms with Gasteiger partial charge in [0.05, 0.1) is 36.6 Å². The van der Waals surface area contributed by atoms with Crippen LogP contribution in [-0.2, 0) is 17.8 Å². The van der Waals surface area contributed by atoms with E-state index in [4.69, 9.17) is 14.5 Å². The molecule has 34 heavy (non-hydrogen) atoms. The quantitative estimate of drug-likeness (QED) is 0.314. The second-order valence-electron chi connectivity index (χ2n) is 7.98. The van der Waals surface area contributed by atoms with Crippen molar-refractivity contribution in [3.63, 3.8) is 0 Å². The van der Waals surface area contributed by atoms with Gasteiger partial charge in [0.25, 0.3) is 0 Å². The van der Waals surface area contributed by atoms with E-state index in [1.807, 2.05) is 80.9 Å². The van der Waals surface area contributed by atoms with Crippen LogP contribution < -0.4 is 14.4 Å². The number of amides is 1. The second kappa shape index (κ2) is 10.7. The van der Waals surface area contributed by atoms with Crippen molar-refractivity contribution >= 4 is 32.6 Å². The molecule has 0 aliphatic carbocycles. The van der Waals surface area contributed by atoms with Crippen molar-refractivity contribution in [3.05, 3.63) is 65.5 Å². The topological polar surface area (TPSA) is 69.5 Å². The van der Waals surface area contributed by atoms with Crippen LogP contribution >= 0.6 is 11.3 Å². The highest BCUT2D eigenvalue weighted by Crippen LogP contribution is 2.34. The van der Waals surface area contributed by atoms with E-state index in [1.165, 1.54) is 11.3 Å². The molecule has 8 heteroatoms. The molecule has 0 atom stereocenters. The summed E-state index contributed by atoms with van der Waals surface area (Å²) in [4.78, 5) is 20.1. The molecule has 4 rings (SSSR count). The first-order valence-corrected chi connectivity index (χ1v) is 12.4. The molecular formula is C26H30N4O3S. The first-order valence-electron chi connectivity index (χ1n) is 11.5. The van der Waals surface area contributed by atoms with E-state index in [2.05, 4.69) is 5.10 Å². The van der Waals surface area contributed by atoms with Crippen LogP contribution in [0.2, 0.25) is 0 Å². The Balaban J connectivity index is 1.62. The third-order valence-electron chi connectivity index (χ3n) is 5.43. The maximum Gasteiger partial charge on any atom is 0.233 e. The first kappa shape index (κ1) is 23.8. The molecular weight excluding hydrogens is 448 g/mol. The van der Waals surface area contributed by atoms with Crippen molar-refractivity contribution in [1.29, 1.82) is 0 Å². The van der Waals surface area contributed by atoms with Crippen LogP contribution in [0.15, 0.2) is 48.5 Å². The third kappa shape index (κ3) is 5.39. The molecule has 0 fully saturated rings. The molecule has 0 saturated heterocycles. The van der Waals surface area contributed by atoms with Crippen LogP contribution in [-0.4, -0.2) is 40.4 Å². The minimum atomic E-state index is -0.0114. The Labute approximate surface area is 203 Å². The van der Waals surface area contributed by atoms with E-state index in [0.717, 1.165) is 38.7 Å². The van der Waals surface area contributed by atoms with Gasteiger partial charge in [0.2, 0.25) is 5.91 Å². The van der Waals surface area contributed by atoms with Crippen molar-refractivity contribution in [2.45, 2.75) is 40.7 Å². The molecule has 7 nitrogen and oxygen atoms in total. The molecule has 0 aliphatic heterocycles. The van der Waals surface area contributed by atoms with Gasteiger partial charge in [-0.25, -0.2) is 4.98 Å². The van der Waals surface area contributed by atoms with Gasteiger partial charge in [-0.1, -0.05) is 29.5 Å². The smallest absolute Gasteiger partial charge is 0.233 e. The summed E-state index contributed by atoms with van der Waals surface area (Å²) in [6.07, 6.45) is 0.276. The maximum absolute atomic E-state index is 13.5. The zero-order chi connectivity index (χ0) is 24.1. The van der Waals surface area contributed by atoms with Crippen LogP contribution in [0.1, 0.15) is 30.8 Å². The summed E-state index contributed by atoms with van der Waals surface area (Å²) in [6, 6.07) is 15.6. The zero-order valence-corrected chi connectivity index (χ0v) is 20.9. The Bertz CT molecular complexity index is 1260. The van der Waals surface area contributed by atoms with Crippen molar-refractivity contribution in [2.24, 2.45) is 0 Å². The van der Waals surface area contributed by atoms with Crippen molar-refractivity contribution in [1.82, 2.24) is 14.8 Å². The van der Waals surface area contributed by atoms with Crippen LogP contribution in [0.4, 0.5) is 5.13 Å². The Hall–Kier alpha value is -3.39. The van der Waals surface area contributed by atoms with Gasteiger partial charge in [0, 0.05) is 12.2 Å². The summed E-state index contributed by atoms with van der Waals surface area (Å²) in [5.74, 6) is 1.53. The van der Waals surface area contributed by atoms with Crippen LogP contribution in [0, 0.1) is 13.8 Å². The number of carbonyl (C=O) groups is 1. The highest BCUT2D eigenvalue weighted by atomic mass is 32.1. The van der Waals surface area contributed by atoms with Crippen LogP contribution in [0.3, 0.4) is 0 Å². The number of ether oxygens (including phenoxy) is 2. The van der Waals surface area contributed by atoms with Gasteiger partial charge in [-0.3, -0.25) is 14.4 Å². The molecule has 0 saturated carbocycles. The number of carbonyl (C=O) groups excluding carboxylic acids is 1. The summed E-state index contributed by atoms with van der Waals surface area (Å²) in [6.45, 7) is 10.1. The fraction of sp³-hybridized carbons (Fsp3) is 0.346. The number of thiazole rings is 1. The summed E-state index contributed by atoms with van der Waals surface area (Å²) in [5, 5.41) is 5.22. The lowest BCUT2D eigenvalue weighted by Crippen LogP contribution is -2.35. The van der Waals surface area contributed by atoms with Gasteiger partial charge >= 0.3 is 0 Å². The molecule has 4 aromatic rings. The van der Waals surface area contributed by atoms with Crippen LogP contribution in [0.25, 0.3) is 10.2 Å². The van der Waals surface area contributed by atoms with Gasteiger partial charge in [0.15, 0.2) is 5.13 Å². The Morgan fingerprint density at radius 2 is 1.82 bits per heavy atom. The minimum Gasteiger partial charge on any atom is -0.494 e. The summed E-state index contributed by atoms with van der Waals surface area (Å²) in [7, 11) is 0. The lowest BCUT2D eigenvalue weighted by Gasteiger charge is -2.20. The van der Waals surface area contributed by atoms with E-state index >= 15 is 0 Å². The number of nitrogens with zero attached hydrogens (tertiary/aromatic N) is 4. The van der Waals surface area contributed by atoms with Gasteiger partial charge in [-0.05, 0) is 63.6 Å². The molecule has 0 bridgehead atoms. The predicted molar refractivity (Wildman–Crippen MR) is 136 cm³/mol. The standard InChI is InChI=1S/C26H30N4O3S/c1-5-32-21-12-10-20(11-13-21)17-24(31)29(14-15-30-19(4)16-18(3)28-30)26-27-25-22(33-6-2)8-7-9-23(25)34-26/h7-13,16H,5-6,14-15,17H2,1-4H3. The Morgan fingerprint density at radius 3 is 2.50 bits per heavy atom. The summed E-state index contributed by atoms with van der Waals surface area (Å²) < 4.78 is 14.2. The van der Waals surface area contributed by atoms with Crippen molar-refractivity contribution in [3.8, 4) is 11.5 Å². The highest BCUT2D eigenvalue weighted by Gasteiger charge is 2.22. The van der Waals surface area contributed by atoms with E-state index < -0.39 is 0 Å². The van der Waals surface area contributed by atoms with Gasteiger partial charge in [-0.2, -0.15) is 5.10 Å².